The van der Waals surface area contributed by atoms with Gasteiger partial charge in [-0.1, -0.05) is 78.4 Å². The fourth-order valence-corrected chi connectivity index (χ4v) is 6.62. The molecule has 0 amide bonds. The van der Waals surface area contributed by atoms with E-state index < -0.39 is 0 Å². The van der Waals surface area contributed by atoms with Crippen molar-refractivity contribution in [3.8, 4) is 0 Å². The van der Waals surface area contributed by atoms with Gasteiger partial charge in [0.1, 0.15) is 13.2 Å². The Morgan fingerprint density at radius 1 is 0.722 bits per heavy atom. The number of esters is 2. The number of hydrogen-bond donors (Lipinski definition) is 0. The van der Waals surface area contributed by atoms with Crippen molar-refractivity contribution in [2.24, 2.45) is 29.1 Å². The van der Waals surface area contributed by atoms with Crippen LogP contribution in [0.3, 0.4) is 0 Å². The predicted molar refractivity (Wildman–Crippen MR) is 149 cm³/mol. The molecule has 0 heterocycles. The van der Waals surface area contributed by atoms with E-state index in [9.17, 15) is 9.59 Å². The Hall–Kier alpha value is -1.58. The van der Waals surface area contributed by atoms with Crippen molar-refractivity contribution < 1.29 is 19.1 Å². The largest absolute Gasteiger partial charge is 0.462 e. The molecule has 0 bridgehead atoms. The number of hydrogen-bond acceptors (Lipinski definition) is 4. The number of carbonyl (C=O) groups is 2. The molecule has 206 valence electrons. The topological polar surface area (TPSA) is 52.6 Å². The summed E-state index contributed by atoms with van der Waals surface area (Å²) in [6.07, 6.45) is 19.6. The Morgan fingerprint density at radius 3 is 1.64 bits per heavy atom. The molecule has 0 N–H and O–H groups in total. The van der Waals surface area contributed by atoms with Gasteiger partial charge in [0.15, 0.2) is 0 Å². The summed E-state index contributed by atoms with van der Waals surface area (Å²) in [5.41, 5.74) is 0.454. The van der Waals surface area contributed by atoms with Crippen LogP contribution in [0.25, 0.3) is 0 Å². The molecule has 0 aromatic rings. The third kappa shape index (κ3) is 9.38. The van der Waals surface area contributed by atoms with Gasteiger partial charge in [0.25, 0.3) is 0 Å². The van der Waals surface area contributed by atoms with Crippen LogP contribution in [0.15, 0.2) is 24.3 Å². The maximum atomic E-state index is 12.2. The summed E-state index contributed by atoms with van der Waals surface area (Å²) in [6.45, 7) is 15.7. The van der Waals surface area contributed by atoms with Crippen LogP contribution < -0.4 is 0 Å². The second kappa shape index (κ2) is 15.6. The quantitative estimate of drug-likeness (QED) is 0.128. The highest BCUT2D eigenvalue weighted by Gasteiger charge is 2.43. The van der Waals surface area contributed by atoms with E-state index in [1.807, 2.05) is 0 Å². The first kappa shape index (κ1) is 30.6. The summed E-state index contributed by atoms with van der Waals surface area (Å²) < 4.78 is 11.3. The van der Waals surface area contributed by atoms with Gasteiger partial charge in [0.05, 0.1) is 0 Å². The third-order valence-corrected chi connectivity index (χ3v) is 9.29. The van der Waals surface area contributed by atoms with Crippen LogP contribution in [0.4, 0.5) is 0 Å². The van der Waals surface area contributed by atoms with Crippen LogP contribution >= 0.6 is 0 Å². The first-order valence-electron chi connectivity index (χ1n) is 14.9. The van der Waals surface area contributed by atoms with Crippen LogP contribution in [0, 0.1) is 29.1 Å². The second-order valence-corrected chi connectivity index (χ2v) is 12.0. The van der Waals surface area contributed by atoms with Crippen LogP contribution in [0.1, 0.15) is 124 Å². The molecule has 2 aliphatic rings. The maximum absolute atomic E-state index is 12.2. The van der Waals surface area contributed by atoms with Gasteiger partial charge < -0.3 is 9.47 Å². The number of carbonyl (C=O) groups excluding carboxylic acids is 2. The van der Waals surface area contributed by atoms with E-state index in [4.69, 9.17) is 9.47 Å². The first-order chi connectivity index (χ1) is 17.2. The van der Waals surface area contributed by atoms with Gasteiger partial charge in [-0.25, -0.2) is 9.59 Å². The molecule has 4 heteroatoms. The minimum Gasteiger partial charge on any atom is -0.462 e. The second-order valence-electron chi connectivity index (χ2n) is 12.0. The lowest BCUT2D eigenvalue weighted by molar-refractivity contribution is -0.154. The number of unbranched alkanes of at least 4 members (excludes halogenated alkanes) is 4. The van der Waals surface area contributed by atoms with Crippen LogP contribution in [0.2, 0.25) is 0 Å². The summed E-state index contributed by atoms with van der Waals surface area (Å²) in [7, 11) is 0. The van der Waals surface area contributed by atoms with Gasteiger partial charge in [-0.05, 0) is 82.5 Å². The minimum atomic E-state index is -0.366. The molecule has 0 saturated heterocycles. The molecule has 0 radical (unpaired) electrons. The molecule has 0 unspecified atom stereocenters. The van der Waals surface area contributed by atoms with Crippen LogP contribution in [-0.4, -0.2) is 25.2 Å². The molecule has 36 heavy (non-hydrogen) atoms. The van der Waals surface area contributed by atoms with Crippen LogP contribution in [-0.2, 0) is 19.1 Å². The van der Waals surface area contributed by atoms with E-state index in [-0.39, 0.29) is 30.6 Å². The van der Waals surface area contributed by atoms with E-state index in [0.29, 0.717) is 17.1 Å². The Morgan fingerprint density at radius 2 is 1.19 bits per heavy atom. The van der Waals surface area contributed by atoms with E-state index in [1.54, 1.807) is 13.8 Å². The lowest BCUT2D eigenvalue weighted by Gasteiger charge is -2.45. The van der Waals surface area contributed by atoms with Gasteiger partial charge >= 0.3 is 11.9 Å². The number of rotatable bonds is 15. The van der Waals surface area contributed by atoms with Crippen molar-refractivity contribution in [1.82, 2.24) is 0 Å². The Kier molecular flexibility index (Phi) is 13.3. The molecule has 2 saturated carbocycles. The van der Waals surface area contributed by atoms with Gasteiger partial charge in [-0.15, -0.1) is 0 Å². The lowest BCUT2D eigenvalue weighted by atomic mass is 9.62. The first-order valence-corrected chi connectivity index (χ1v) is 14.9. The zero-order valence-corrected chi connectivity index (χ0v) is 23.9. The lowest BCUT2D eigenvalue weighted by Crippen LogP contribution is -2.43. The van der Waals surface area contributed by atoms with Gasteiger partial charge in [0.2, 0.25) is 0 Å². The minimum absolute atomic E-state index is 0.275. The molecule has 4 nitrogen and oxygen atoms in total. The van der Waals surface area contributed by atoms with Crippen molar-refractivity contribution >= 4 is 11.9 Å². The van der Waals surface area contributed by atoms with Crippen molar-refractivity contribution in [3.63, 3.8) is 0 Å². The van der Waals surface area contributed by atoms with Crippen molar-refractivity contribution in [2.45, 2.75) is 124 Å². The third-order valence-electron chi connectivity index (χ3n) is 9.29. The molecule has 2 fully saturated rings. The predicted octanol–water partition coefficient (Wildman–Crippen LogP) is 8.59. The molecular formula is C32H54O4. The molecule has 0 aromatic carbocycles. The van der Waals surface area contributed by atoms with Crippen molar-refractivity contribution in [2.75, 3.05) is 13.2 Å². The monoisotopic (exact) mass is 502 g/mol. The van der Waals surface area contributed by atoms with Crippen molar-refractivity contribution in [1.29, 1.82) is 0 Å². The Balaban J connectivity index is 1.89. The number of ether oxygens (including phenoxy) is 2. The van der Waals surface area contributed by atoms with E-state index >= 15 is 0 Å². The zero-order valence-electron chi connectivity index (χ0n) is 23.9. The average molecular weight is 503 g/mol. The fourth-order valence-electron chi connectivity index (χ4n) is 6.62. The van der Waals surface area contributed by atoms with Crippen molar-refractivity contribution in [3.05, 3.63) is 24.3 Å². The van der Waals surface area contributed by atoms with Gasteiger partial charge in [-0.2, -0.15) is 0 Å². The molecule has 0 atom stereocenters. The summed E-state index contributed by atoms with van der Waals surface area (Å²) in [4.78, 5) is 24.4. The Labute approximate surface area is 221 Å². The summed E-state index contributed by atoms with van der Waals surface area (Å²) in [6, 6.07) is 0. The maximum Gasteiger partial charge on any atom is 0.333 e. The highest BCUT2D eigenvalue weighted by atomic mass is 16.5. The highest BCUT2D eigenvalue weighted by Crippen LogP contribution is 2.48. The molecule has 2 rings (SSSR count). The molecule has 0 aromatic heterocycles. The van der Waals surface area contributed by atoms with Gasteiger partial charge in [-0.3, -0.25) is 0 Å². The van der Waals surface area contributed by atoms with E-state index in [0.717, 1.165) is 37.0 Å². The molecule has 0 aliphatic heterocycles. The fraction of sp³-hybridized carbons (Fsp3) is 0.812. The average Bonchev–Trinajstić information content (AvgIpc) is 2.89. The molecule has 2 aliphatic carbocycles. The smallest absolute Gasteiger partial charge is 0.333 e. The highest BCUT2D eigenvalue weighted by molar-refractivity contribution is 5.87. The Bertz CT molecular complexity index is 678. The molecular weight excluding hydrogens is 448 g/mol. The van der Waals surface area contributed by atoms with E-state index in [1.165, 1.54) is 77.0 Å². The zero-order chi connectivity index (χ0) is 26.6. The summed E-state index contributed by atoms with van der Waals surface area (Å²) in [5, 5.41) is 0. The summed E-state index contributed by atoms with van der Waals surface area (Å²) >= 11 is 0. The SMILES string of the molecule is C=C(C)C(=O)OCC(CC)(COC(=O)C(=C)C)C1CCC(C2CCC(CCCCCCC)CC2)CC1. The summed E-state index contributed by atoms with van der Waals surface area (Å²) in [5.74, 6) is 2.30. The molecule has 0 spiro atoms. The van der Waals surface area contributed by atoms with Gasteiger partial charge in [0, 0.05) is 16.6 Å². The standard InChI is InChI=1S/C32H54O4/c1-7-9-10-11-12-13-26-14-16-27(17-15-26)28-18-20-29(21-19-28)32(8-2,22-35-30(33)24(3)4)23-36-31(34)25(5)6/h26-29H,3,5,7-23H2,1-2,4,6H3. The normalized spacial score (nSPS) is 24.7. The van der Waals surface area contributed by atoms with E-state index in [2.05, 4.69) is 27.0 Å². The van der Waals surface area contributed by atoms with Crippen LogP contribution in [0.5, 0.6) is 0 Å².